The predicted octanol–water partition coefficient (Wildman–Crippen LogP) is 1.42. The van der Waals surface area contributed by atoms with Crippen molar-refractivity contribution in [2.75, 3.05) is 18.4 Å². The SMILES string of the molecule is CCc1cccnc1NC1CCNC1. The van der Waals surface area contributed by atoms with Gasteiger partial charge in [0.15, 0.2) is 0 Å². The smallest absolute Gasteiger partial charge is 0.129 e. The van der Waals surface area contributed by atoms with Gasteiger partial charge >= 0.3 is 0 Å². The number of rotatable bonds is 3. The fourth-order valence-electron chi connectivity index (χ4n) is 1.83. The molecular weight excluding hydrogens is 174 g/mol. The Morgan fingerprint density at radius 1 is 1.64 bits per heavy atom. The lowest BCUT2D eigenvalue weighted by Gasteiger charge is -2.14. The molecule has 0 bridgehead atoms. The molecule has 1 fully saturated rings. The van der Waals surface area contributed by atoms with E-state index in [1.54, 1.807) is 0 Å². The second kappa shape index (κ2) is 4.42. The summed E-state index contributed by atoms with van der Waals surface area (Å²) in [5.41, 5.74) is 1.31. The zero-order valence-electron chi connectivity index (χ0n) is 8.59. The zero-order chi connectivity index (χ0) is 9.80. The molecule has 2 rings (SSSR count). The first-order valence-electron chi connectivity index (χ1n) is 5.31. The maximum atomic E-state index is 4.37. The standard InChI is InChI=1S/C11H17N3/c1-2-9-4-3-6-13-11(9)14-10-5-7-12-8-10/h3-4,6,10,12H,2,5,7-8H2,1H3,(H,13,14). The Morgan fingerprint density at radius 2 is 2.57 bits per heavy atom. The number of nitrogens with one attached hydrogen (secondary N) is 2. The number of pyridine rings is 1. The van der Waals surface area contributed by atoms with Crippen LogP contribution in [0, 0.1) is 0 Å². The molecule has 76 valence electrons. The maximum Gasteiger partial charge on any atom is 0.129 e. The highest BCUT2D eigenvalue weighted by atomic mass is 15.1. The Hall–Kier alpha value is -1.09. The molecule has 14 heavy (non-hydrogen) atoms. The fraction of sp³-hybridized carbons (Fsp3) is 0.545. The van der Waals surface area contributed by atoms with E-state index >= 15 is 0 Å². The molecule has 0 spiro atoms. The van der Waals surface area contributed by atoms with Crippen molar-refractivity contribution < 1.29 is 0 Å². The third-order valence-corrected chi connectivity index (χ3v) is 2.67. The summed E-state index contributed by atoms with van der Waals surface area (Å²) in [5.74, 6) is 1.06. The molecule has 1 atom stereocenters. The number of aromatic nitrogens is 1. The van der Waals surface area contributed by atoms with Gasteiger partial charge in [-0.15, -0.1) is 0 Å². The molecule has 0 aliphatic carbocycles. The van der Waals surface area contributed by atoms with Gasteiger partial charge in [-0.05, 0) is 31.0 Å². The summed E-state index contributed by atoms with van der Waals surface area (Å²) in [6, 6.07) is 4.68. The molecular formula is C11H17N3. The van der Waals surface area contributed by atoms with E-state index in [-0.39, 0.29) is 0 Å². The van der Waals surface area contributed by atoms with Gasteiger partial charge in [0.2, 0.25) is 0 Å². The molecule has 1 unspecified atom stereocenters. The average Bonchev–Trinajstić information content (AvgIpc) is 2.71. The van der Waals surface area contributed by atoms with Gasteiger partial charge in [0.25, 0.3) is 0 Å². The van der Waals surface area contributed by atoms with Crippen molar-refractivity contribution in [1.82, 2.24) is 10.3 Å². The van der Waals surface area contributed by atoms with Gasteiger partial charge < -0.3 is 10.6 Å². The second-order valence-electron chi connectivity index (χ2n) is 3.70. The minimum absolute atomic E-state index is 0.551. The molecule has 2 heterocycles. The summed E-state index contributed by atoms with van der Waals surface area (Å²) in [6.45, 7) is 4.33. The molecule has 1 aromatic rings. The van der Waals surface area contributed by atoms with Crippen LogP contribution < -0.4 is 10.6 Å². The number of hydrogen-bond acceptors (Lipinski definition) is 3. The Bertz CT molecular complexity index is 292. The van der Waals surface area contributed by atoms with Crippen LogP contribution in [0.3, 0.4) is 0 Å². The average molecular weight is 191 g/mol. The van der Waals surface area contributed by atoms with Gasteiger partial charge in [0, 0.05) is 18.8 Å². The van der Waals surface area contributed by atoms with Crippen LogP contribution in [0.5, 0.6) is 0 Å². The van der Waals surface area contributed by atoms with Crippen LogP contribution in [0.25, 0.3) is 0 Å². The molecule has 1 saturated heterocycles. The van der Waals surface area contributed by atoms with Crippen LogP contribution in [0.15, 0.2) is 18.3 Å². The van der Waals surface area contributed by atoms with Gasteiger partial charge in [-0.1, -0.05) is 13.0 Å². The third-order valence-electron chi connectivity index (χ3n) is 2.67. The lowest BCUT2D eigenvalue weighted by molar-refractivity contribution is 0.785. The van der Waals surface area contributed by atoms with E-state index in [1.807, 2.05) is 12.3 Å². The lowest BCUT2D eigenvalue weighted by atomic mass is 10.2. The first-order valence-corrected chi connectivity index (χ1v) is 5.31. The third kappa shape index (κ3) is 2.04. The highest BCUT2D eigenvalue weighted by Gasteiger charge is 2.15. The minimum Gasteiger partial charge on any atom is -0.366 e. The molecule has 1 aromatic heterocycles. The molecule has 2 N–H and O–H groups in total. The Labute approximate surface area is 84.9 Å². The van der Waals surface area contributed by atoms with Crippen molar-refractivity contribution in [1.29, 1.82) is 0 Å². The van der Waals surface area contributed by atoms with E-state index in [0.29, 0.717) is 6.04 Å². The molecule has 3 heteroatoms. The summed E-state index contributed by atoms with van der Waals surface area (Å²) in [4.78, 5) is 4.37. The Kier molecular flexibility index (Phi) is 2.99. The largest absolute Gasteiger partial charge is 0.366 e. The molecule has 0 saturated carbocycles. The van der Waals surface area contributed by atoms with Crippen LogP contribution in [-0.4, -0.2) is 24.1 Å². The number of anilines is 1. The van der Waals surface area contributed by atoms with Gasteiger partial charge in [0.1, 0.15) is 5.82 Å². The zero-order valence-corrected chi connectivity index (χ0v) is 8.59. The van der Waals surface area contributed by atoms with E-state index in [2.05, 4.69) is 28.6 Å². The van der Waals surface area contributed by atoms with Gasteiger partial charge in [-0.25, -0.2) is 4.98 Å². The van der Waals surface area contributed by atoms with Crippen molar-refractivity contribution in [3.63, 3.8) is 0 Å². The van der Waals surface area contributed by atoms with Crippen LogP contribution in [0.4, 0.5) is 5.82 Å². The molecule has 1 aliphatic rings. The number of nitrogens with zero attached hydrogens (tertiary/aromatic N) is 1. The van der Waals surface area contributed by atoms with Gasteiger partial charge in [-0.2, -0.15) is 0 Å². The normalized spacial score (nSPS) is 21.1. The molecule has 3 nitrogen and oxygen atoms in total. The first-order chi connectivity index (χ1) is 6.90. The molecule has 1 aliphatic heterocycles. The molecule has 0 radical (unpaired) electrons. The van der Waals surface area contributed by atoms with Crippen molar-refractivity contribution in [2.24, 2.45) is 0 Å². The highest BCUT2D eigenvalue weighted by molar-refractivity contribution is 5.44. The molecule has 0 aromatic carbocycles. The van der Waals surface area contributed by atoms with Crippen molar-refractivity contribution in [3.05, 3.63) is 23.9 Å². The van der Waals surface area contributed by atoms with E-state index in [0.717, 1.165) is 25.3 Å². The van der Waals surface area contributed by atoms with E-state index in [9.17, 15) is 0 Å². The highest BCUT2D eigenvalue weighted by Crippen LogP contribution is 2.14. The van der Waals surface area contributed by atoms with E-state index in [1.165, 1.54) is 12.0 Å². The Balaban J connectivity index is 2.07. The molecule has 0 amide bonds. The summed E-state index contributed by atoms with van der Waals surface area (Å²) < 4.78 is 0. The number of aryl methyl sites for hydroxylation is 1. The summed E-state index contributed by atoms with van der Waals surface area (Å²) >= 11 is 0. The van der Waals surface area contributed by atoms with Gasteiger partial charge in [-0.3, -0.25) is 0 Å². The summed E-state index contributed by atoms with van der Waals surface area (Å²) in [7, 11) is 0. The monoisotopic (exact) mass is 191 g/mol. The summed E-state index contributed by atoms with van der Waals surface area (Å²) in [5, 5.41) is 6.83. The predicted molar refractivity (Wildman–Crippen MR) is 58.5 cm³/mol. The lowest BCUT2D eigenvalue weighted by Crippen LogP contribution is -2.23. The number of hydrogen-bond donors (Lipinski definition) is 2. The summed E-state index contributed by atoms with van der Waals surface area (Å²) in [6.07, 6.45) is 4.08. The van der Waals surface area contributed by atoms with Crippen LogP contribution in [0.1, 0.15) is 18.9 Å². The van der Waals surface area contributed by atoms with E-state index < -0.39 is 0 Å². The topological polar surface area (TPSA) is 37.0 Å². The van der Waals surface area contributed by atoms with E-state index in [4.69, 9.17) is 0 Å². The van der Waals surface area contributed by atoms with Crippen LogP contribution in [0.2, 0.25) is 0 Å². The van der Waals surface area contributed by atoms with Crippen molar-refractivity contribution >= 4 is 5.82 Å². The first kappa shape index (κ1) is 9.46. The fourth-order valence-corrected chi connectivity index (χ4v) is 1.83. The maximum absolute atomic E-state index is 4.37. The van der Waals surface area contributed by atoms with Crippen molar-refractivity contribution in [3.8, 4) is 0 Å². The minimum atomic E-state index is 0.551. The van der Waals surface area contributed by atoms with Crippen LogP contribution >= 0.6 is 0 Å². The van der Waals surface area contributed by atoms with Crippen molar-refractivity contribution in [2.45, 2.75) is 25.8 Å². The second-order valence-corrected chi connectivity index (χ2v) is 3.70. The van der Waals surface area contributed by atoms with Gasteiger partial charge in [0.05, 0.1) is 0 Å². The Morgan fingerprint density at radius 3 is 3.29 bits per heavy atom. The van der Waals surface area contributed by atoms with Crippen LogP contribution in [-0.2, 0) is 6.42 Å². The quantitative estimate of drug-likeness (QED) is 0.758.